The molecule has 0 saturated carbocycles. The highest BCUT2D eigenvalue weighted by Crippen LogP contribution is 2.86. The van der Waals surface area contributed by atoms with Gasteiger partial charge in [0.1, 0.15) is 0 Å². The number of rotatable bonds is 0. The summed E-state index contributed by atoms with van der Waals surface area (Å²) < 4.78 is 38.8. The van der Waals surface area contributed by atoms with Gasteiger partial charge in [-0.05, 0) is 67.4 Å². The van der Waals surface area contributed by atoms with Gasteiger partial charge in [0.2, 0.25) is 0 Å². The van der Waals surface area contributed by atoms with Crippen molar-refractivity contribution in [2.75, 3.05) is 0 Å². The van der Waals surface area contributed by atoms with Gasteiger partial charge in [0.15, 0.2) is 0 Å². The maximum absolute atomic E-state index is 13.2. The van der Waals surface area contributed by atoms with E-state index in [9.17, 15) is 8.39 Å². The summed E-state index contributed by atoms with van der Waals surface area (Å²) >= 11 is 33.1. The molecule has 0 aliphatic carbocycles. The Balaban J connectivity index is 3.67. The van der Waals surface area contributed by atoms with Crippen LogP contribution in [-0.2, 0) is 0 Å². The standard InChI is InChI=1S/Cl6F2N4P4/c1-13(2)9-14(3,4)11-16(7,8)12-15(5,6)10-13. The largest absolute Gasteiger partial charge is 0.421 e. The fraction of sp³-hybridized carbons (Fsp3) is 0. The van der Waals surface area contributed by atoms with Gasteiger partial charge in [-0.25, -0.2) is 0 Å². The van der Waals surface area contributed by atoms with Crippen LogP contribution in [0.25, 0.3) is 0 Å². The Morgan fingerprint density at radius 3 is 1.31 bits per heavy atom. The van der Waals surface area contributed by atoms with Crippen LogP contribution in [0.4, 0.5) is 8.39 Å². The lowest BCUT2D eigenvalue weighted by atomic mass is 13.8. The Hall–Kier alpha value is 2.52. The van der Waals surface area contributed by atoms with E-state index in [0.29, 0.717) is 0 Å². The highest BCUT2D eigenvalue weighted by molar-refractivity contribution is 8.23. The number of nitrogens with zero attached hydrogens (tertiary/aromatic N) is 4. The van der Waals surface area contributed by atoms with Gasteiger partial charge < -0.3 is 0 Å². The molecule has 0 aromatic heterocycles. The highest BCUT2D eigenvalue weighted by Gasteiger charge is 2.33. The molecule has 0 radical (unpaired) electrons. The summed E-state index contributed by atoms with van der Waals surface area (Å²) in [5, 5.41) is 0. The molecule has 0 spiro atoms. The molecule has 0 fully saturated rings. The molecule has 16 heteroatoms. The van der Waals surface area contributed by atoms with Crippen molar-refractivity contribution in [2.45, 2.75) is 0 Å². The topological polar surface area (TPSA) is 49.4 Å². The van der Waals surface area contributed by atoms with Crippen LogP contribution in [0.3, 0.4) is 0 Å². The van der Waals surface area contributed by atoms with Crippen LogP contribution < -0.4 is 0 Å². The van der Waals surface area contributed by atoms with Gasteiger partial charge in [0.05, 0.1) is 0 Å². The monoisotopic (exact) mass is 428 g/mol. The summed E-state index contributed by atoms with van der Waals surface area (Å²) in [5.41, 5.74) is 0. The zero-order valence-corrected chi connectivity index (χ0v) is 14.7. The van der Waals surface area contributed by atoms with Crippen molar-refractivity contribution in [1.82, 2.24) is 0 Å². The molecule has 0 atom stereocenters. The minimum absolute atomic E-state index is 2.84. The molecule has 1 heterocycles. The van der Waals surface area contributed by atoms with Gasteiger partial charge in [0.25, 0.3) is 17.7 Å². The van der Waals surface area contributed by atoms with Crippen molar-refractivity contribution in [3.8, 4) is 0 Å². The Bertz CT molecular complexity index is 393. The number of halogens is 8. The normalized spacial score (nSPS) is 29.5. The number of hydrogen-bond acceptors (Lipinski definition) is 4. The lowest BCUT2D eigenvalue weighted by Gasteiger charge is -2.14. The Labute approximate surface area is 119 Å². The smallest absolute Gasteiger partial charge is 0.185 e. The first kappa shape index (κ1) is 16.6. The van der Waals surface area contributed by atoms with Crippen LogP contribution in [0.1, 0.15) is 0 Å². The average molecular weight is 431 g/mol. The van der Waals surface area contributed by atoms with Crippen LogP contribution in [0, 0.1) is 0 Å². The van der Waals surface area contributed by atoms with Crippen LogP contribution in [0.5, 0.6) is 0 Å². The Kier molecular flexibility index (Phi) is 5.32. The molecule has 0 aromatic rings. The molecule has 0 saturated heterocycles. The second-order valence-electron chi connectivity index (χ2n) is 2.18. The van der Waals surface area contributed by atoms with Crippen molar-refractivity contribution >= 4 is 93.0 Å². The predicted molar refractivity (Wildman–Crippen MR) is 74.7 cm³/mol. The molecular weight excluding hydrogens is 431 g/mol. The van der Waals surface area contributed by atoms with E-state index in [1.165, 1.54) is 0 Å². The summed E-state index contributed by atoms with van der Waals surface area (Å²) in [5.74, 6) is -10.9. The van der Waals surface area contributed by atoms with Gasteiger partial charge >= 0.3 is 7.83 Å². The summed E-state index contributed by atoms with van der Waals surface area (Å²) in [6, 6.07) is 0. The van der Waals surface area contributed by atoms with E-state index in [0.717, 1.165) is 0 Å². The third-order valence-corrected chi connectivity index (χ3v) is 15.1. The second-order valence-corrected chi connectivity index (χ2v) is 18.7. The van der Waals surface area contributed by atoms with E-state index < -0.39 is 25.6 Å². The summed E-state index contributed by atoms with van der Waals surface area (Å²) in [7, 11) is -5.17. The molecule has 1 aliphatic heterocycles. The van der Waals surface area contributed by atoms with Crippen LogP contribution in [0.2, 0.25) is 0 Å². The molecule has 0 bridgehead atoms. The molecule has 0 amide bonds. The summed E-state index contributed by atoms with van der Waals surface area (Å²) in [4.78, 5) is 0. The summed E-state index contributed by atoms with van der Waals surface area (Å²) in [6.07, 6.45) is 0. The van der Waals surface area contributed by atoms with E-state index in [2.05, 4.69) is 18.1 Å². The third-order valence-electron chi connectivity index (χ3n) is 0.861. The number of hydrogen-bond donors (Lipinski definition) is 0. The van der Waals surface area contributed by atoms with Gasteiger partial charge in [-0.3, -0.25) is 0 Å². The molecule has 1 aliphatic rings. The third kappa shape index (κ3) is 5.66. The van der Waals surface area contributed by atoms with Crippen molar-refractivity contribution < 1.29 is 8.39 Å². The molecule has 16 heavy (non-hydrogen) atoms. The van der Waals surface area contributed by atoms with Crippen molar-refractivity contribution in [3.05, 3.63) is 0 Å². The second kappa shape index (κ2) is 5.13. The van der Waals surface area contributed by atoms with Gasteiger partial charge in [0, 0.05) is 0 Å². The van der Waals surface area contributed by atoms with E-state index in [1.807, 2.05) is 0 Å². The first-order valence-electron chi connectivity index (χ1n) is 2.95. The van der Waals surface area contributed by atoms with Gasteiger partial charge in [-0.2, -0.15) is 18.1 Å². The molecule has 0 N–H and O–H groups in total. The van der Waals surface area contributed by atoms with Crippen LogP contribution in [-0.4, -0.2) is 0 Å². The predicted octanol–water partition coefficient (Wildman–Crippen LogP) is 9.16. The van der Waals surface area contributed by atoms with Crippen molar-refractivity contribution in [1.29, 1.82) is 0 Å². The van der Waals surface area contributed by atoms with Gasteiger partial charge in [-0.15, -0.1) is 8.39 Å². The van der Waals surface area contributed by atoms with E-state index in [-0.39, 0.29) is 0 Å². The highest BCUT2D eigenvalue weighted by atomic mass is 35.9. The van der Waals surface area contributed by atoms with E-state index >= 15 is 0 Å². The molecule has 0 unspecified atom stereocenters. The molecule has 1 rings (SSSR count). The summed E-state index contributed by atoms with van der Waals surface area (Å²) in [6.45, 7) is 0. The lowest BCUT2D eigenvalue weighted by molar-refractivity contribution is 0.728. The first-order chi connectivity index (χ1) is 6.83. The Morgan fingerprint density at radius 1 is 0.562 bits per heavy atom. The first-order valence-corrected chi connectivity index (χ1v) is 14.9. The minimum atomic E-state index is -5.17. The average Bonchev–Trinajstić information content (AvgIpc) is 1.67. The van der Waals surface area contributed by atoms with Crippen molar-refractivity contribution in [2.24, 2.45) is 18.1 Å². The molecule has 96 valence electrons. The molecule has 4 nitrogen and oxygen atoms in total. The minimum Gasteiger partial charge on any atom is -0.185 e. The zero-order chi connectivity index (χ0) is 12.8. The Morgan fingerprint density at radius 2 is 0.875 bits per heavy atom. The van der Waals surface area contributed by atoms with E-state index in [1.54, 1.807) is 0 Å². The van der Waals surface area contributed by atoms with Crippen LogP contribution in [0.15, 0.2) is 18.1 Å². The lowest BCUT2D eigenvalue weighted by Crippen LogP contribution is -1.63. The fourth-order valence-electron chi connectivity index (χ4n) is 0.589. The fourth-order valence-corrected chi connectivity index (χ4v) is 19.1. The SMILES string of the molecule is FP1(F)=NP(Cl)(Cl)=NP(Cl)(Cl)=NP(Cl)(Cl)=N1. The maximum Gasteiger partial charge on any atom is 0.421 e. The zero-order valence-electron chi connectivity index (χ0n) is 6.60. The molecular formula is Cl6F2N4P4. The van der Waals surface area contributed by atoms with Crippen LogP contribution >= 0.6 is 93.0 Å². The molecule has 0 aromatic carbocycles. The maximum atomic E-state index is 13.2. The van der Waals surface area contributed by atoms with Gasteiger partial charge in [-0.1, -0.05) is 0 Å². The van der Waals surface area contributed by atoms with Crippen molar-refractivity contribution in [3.63, 3.8) is 0 Å². The van der Waals surface area contributed by atoms with E-state index in [4.69, 9.17) is 67.4 Å². The quantitative estimate of drug-likeness (QED) is 0.344.